The van der Waals surface area contributed by atoms with E-state index in [9.17, 15) is 4.39 Å². The van der Waals surface area contributed by atoms with Crippen LogP contribution < -0.4 is 0 Å². The van der Waals surface area contributed by atoms with E-state index in [1.165, 1.54) is 12.8 Å². The molecule has 0 aliphatic heterocycles. The first-order valence-electron chi connectivity index (χ1n) is 5.92. The third kappa shape index (κ3) is 1.68. The minimum absolute atomic E-state index is 0.0203. The molecule has 0 amide bonds. The van der Waals surface area contributed by atoms with Gasteiger partial charge >= 0.3 is 0 Å². The average molecular weight is 206 g/mol. The van der Waals surface area contributed by atoms with Crippen LogP contribution in [0.25, 0.3) is 0 Å². The van der Waals surface area contributed by atoms with Gasteiger partial charge in [0.15, 0.2) is 0 Å². The first-order chi connectivity index (χ1) is 7.17. The summed E-state index contributed by atoms with van der Waals surface area (Å²) in [6, 6.07) is 7.31. The molecule has 1 aliphatic rings. The van der Waals surface area contributed by atoms with Crippen LogP contribution in [0, 0.1) is 11.7 Å². The number of hydrogen-bond donors (Lipinski definition) is 0. The van der Waals surface area contributed by atoms with Crippen molar-refractivity contribution in [1.82, 2.24) is 0 Å². The molecule has 0 unspecified atom stereocenters. The Morgan fingerprint density at radius 1 is 1.13 bits per heavy atom. The second kappa shape index (κ2) is 3.96. The summed E-state index contributed by atoms with van der Waals surface area (Å²) in [6.45, 7) is 4.44. The van der Waals surface area contributed by atoms with Crippen molar-refractivity contribution in [3.63, 3.8) is 0 Å². The molecule has 1 aromatic carbocycles. The van der Waals surface area contributed by atoms with E-state index in [0.717, 1.165) is 18.4 Å². The van der Waals surface area contributed by atoms with Gasteiger partial charge in [0.2, 0.25) is 0 Å². The van der Waals surface area contributed by atoms with Crippen LogP contribution in [-0.4, -0.2) is 0 Å². The van der Waals surface area contributed by atoms with Gasteiger partial charge in [-0.2, -0.15) is 0 Å². The molecule has 2 rings (SSSR count). The normalized spacial score (nSPS) is 19.7. The minimum Gasteiger partial charge on any atom is -0.207 e. The van der Waals surface area contributed by atoms with E-state index >= 15 is 0 Å². The van der Waals surface area contributed by atoms with E-state index in [0.29, 0.717) is 5.92 Å². The standard InChI is InChI=1S/C14H19F/c1-11(2)14(9-5-6-10-14)12-7-3-4-8-13(12)15/h3-4,7-8,11H,5-6,9-10H2,1-2H3. The maximum absolute atomic E-state index is 13.8. The number of benzene rings is 1. The van der Waals surface area contributed by atoms with Crippen molar-refractivity contribution in [3.8, 4) is 0 Å². The van der Waals surface area contributed by atoms with Crippen LogP contribution >= 0.6 is 0 Å². The van der Waals surface area contributed by atoms with E-state index in [4.69, 9.17) is 0 Å². The highest BCUT2D eigenvalue weighted by molar-refractivity contribution is 5.29. The maximum Gasteiger partial charge on any atom is 0.126 e. The van der Waals surface area contributed by atoms with Crippen molar-refractivity contribution in [2.75, 3.05) is 0 Å². The third-order valence-electron chi connectivity index (χ3n) is 4.01. The Morgan fingerprint density at radius 2 is 1.73 bits per heavy atom. The van der Waals surface area contributed by atoms with Gasteiger partial charge in [-0.3, -0.25) is 0 Å². The maximum atomic E-state index is 13.8. The van der Waals surface area contributed by atoms with Gasteiger partial charge in [0.1, 0.15) is 5.82 Å². The molecule has 0 saturated heterocycles. The zero-order chi connectivity index (χ0) is 10.9. The Hall–Kier alpha value is -0.850. The highest BCUT2D eigenvalue weighted by atomic mass is 19.1. The molecule has 0 atom stereocenters. The van der Waals surface area contributed by atoms with Gasteiger partial charge in [0.25, 0.3) is 0 Å². The lowest BCUT2D eigenvalue weighted by atomic mass is 9.70. The lowest BCUT2D eigenvalue weighted by Gasteiger charge is -2.34. The molecular formula is C14H19F. The molecule has 0 nitrogen and oxygen atoms in total. The fourth-order valence-electron chi connectivity index (χ4n) is 3.03. The Labute approximate surface area is 91.5 Å². The second-order valence-electron chi connectivity index (χ2n) is 5.00. The van der Waals surface area contributed by atoms with E-state index < -0.39 is 0 Å². The Bertz CT molecular complexity index is 335. The molecule has 0 heterocycles. The van der Waals surface area contributed by atoms with E-state index in [1.54, 1.807) is 12.1 Å². The number of hydrogen-bond acceptors (Lipinski definition) is 0. The zero-order valence-corrected chi connectivity index (χ0v) is 9.59. The summed E-state index contributed by atoms with van der Waals surface area (Å²) in [6.07, 6.45) is 4.77. The predicted octanol–water partition coefficient (Wildman–Crippen LogP) is 4.29. The Balaban J connectivity index is 2.46. The summed E-state index contributed by atoms with van der Waals surface area (Å²) in [5.74, 6) is 0.505. The van der Waals surface area contributed by atoms with Crippen molar-refractivity contribution in [2.45, 2.75) is 44.9 Å². The van der Waals surface area contributed by atoms with Gasteiger partial charge in [-0.15, -0.1) is 0 Å². The molecule has 0 bridgehead atoms. The molecule has 0 radical (unpaired) electrons. The van der Waals surface area contributed by atoms with Crippen LogP contribution in [0.5, 0.6) is 0 Å². The van der Waals surface area contributed by atoms with E-state index in [1.807, 2.05) is 12.1 Å². The van der Waals surface area contributed by atoms with Gasteiger partial charge in [0.05, 0.1) is 0 Å². The van der Waals surface area contributed by atoms with E-state index in [-0.39, 0.29) is 11.2 Å². The fraction of sp³-hybridized carbons (Fsp3) is 0.571. The van der Waals surface area contributed by atoms with Gasteiger partial charge in [0, 0.05) is 5.41 Å². The van der Waals surface area contributed by atoms with Crippen molar-refractivity contribution >= 4 is 0 Å². The molecule has 82 valence electrons. The van der Waals surface area contributed by atoms with Crippen LogP contribution in [0.3, 0.4) is 0 Å². The summed E-state index contributed by atoms with van der Waals surface area (Å²) < 4.78 is 13.8. The molecule has 0 aromatic heterocycles. The van der Waals surface area contributed by atoms with Gasteiger partial charge in [-0.1, -0.05) is 44.9 Å². The minimum atomic E-state index is -0.0203. The lowest BCUT2D eigenvalue weighted by Crippen LogP contribution is -2.29. The van der Waals surface area contributed by atoms with Crippen LogP contribution in [0.15, 0.2) is 24.3 Å². The Kier molecular flexibility index (Phi) is 2.81. The summed E-state index contributed by atoms with van der Waals surface area (Å²) in [4.78, 5) is 0. The SMILES string of the molecule is CC(C)C1(c2ccccc2F)CCCC1. The largest absolute Gasteiger partial charge is 0.207 e. The smallest absolute Gasteiger partial charge is 0.126 e. The predicted molar refractivity (Wildman–Crippen MR) is 61.4 cm³/mol. The number of rotatable bonds is 2. The van der Waals surface area contributed by atoms with Crippen LogP contribution in [0.2, 0.25) is 0 Å². The van der Waals surface area contributed by atoms with Gasteiger partial charge < -0.3 is 0 Å². The molecule has 1 heteroatoms. The first-order valence-corrected chi connectivity index (χ1v) is 5.92. The molecule has 1 fully saturated rings. The van der Waals surface area contributed by atoms with Crippen LogP contribution in [0.4, 0.5) is 4.39 Å². The monoisotopic (exact) mass is 206 g/mol. The molecule has 1 aromatic rings. The average Bonchev–Trinajstić information content (AvgIpc) is 2.68. The highest BCUT2D eigenvalue weighted by Gasteiger charge is 2.39. The molecule has 1 aliphatic carbocycles. The summed E-state index contributed by atoms with van der Waals surface area (Å²) >= 11 is 0. The fourth-order valence-corrected chi connectivity index (χ4v) is 3.03. The quantitative estimate of drug-likeness (QED) is 0.677. The van der Waals surface area contributed by atoms with Gasteiger partial charge in [-0.25, -0.2) is 4.39 Å². The van der Waals surface area contributed by atoms with Crippen molar-refractivity contribution < 1.29 is 4.39 Å². The van der Waals surface area contributed by atoms with Crippen molar-refractivity contribution in [1.29, 1.82) is 0 Å². The molecule has 0 spiro atoms. The first kappa shape index (κ1) is 10.7. The third-order valence-corrected chi connectivity index (χ3v) is 4.01. The summed E-state index contributed by atoms with van der Waals surface area (Å²) in [5, 5.41) is 0. The lowest BCUT2D eigenvalue weighted by molar-refractivity contribution is 0.303. The molecule has 15 heavy (non-hydrogen) atoms. The van der Waals surface area contributed by atoms with Crippen molar-refractivity contribution in [2.24, 2.45) is 5.92 Å². The van der Waals surface area contributed by atoms with Crippen LogP contribution in [0.1, 0.15) is 45.1 Å². The molecule has 1 saturated carbocycles. The second-order valence-corrected chi connectivity index (χ2v) is 5.00. The van der Waals surface area contributed by atoms with Gasteiger partial charge in [-0.05, 0) is 30.4 Å². The van der Waals surface area contributed by atoms with E-state index in [2.05, 4.69) is 13.8 Å². The highest BCUT2D eigenvalue weighted by Crippen LogP contribution is 2.47. The summed E-state index contributed by atoms with van der Waals surface area (Å²) in [7, 11) is 0. The molecule has 0 N–H and O–H groups in total. The Morgan fingerprint density at radius 3 is 2.27 bits per heavy atom. The zero-order valence-electron chi connectivity index (χ0n) is 9.59. The van der Waals surface area contributed by atoms with Crippen LogP contribution in [-0.2, 0) is 5.41 Å². The number of halogens is 1. The van der Waals surface area contributed by atoms with Crippen molar-refractivity contribution in [3.05, 3.63) is 35.6 Å². The topological polar surface area (TPSA) is 0 Å². The molecular weight excluding hydrogens is 187 g/mol. The summed E-state index contributed by atoms with van der Waals surface area (Å²) in [5.41, 5.74) is 1.04.